The van der Waals surface area contributed by atoms with Crippen LogP contribution in [0.2, 0.25) is 5.02 Å². The Labute approximate surface area is 281 Å². The number of terminal acetylenes is 1. The molecule has 3 fully saturated rings. The molecule has 12 heteroatoms. The number of nitrogen functional groups attached to an aromatic ring is 1. The molecule has 2 aromatic carbocycles. The number of nitrogens with two attached hydrogens (primary N) is 1. The maximum Gasteiger partial charge on any atom is 0.410 e. The van der Waals surface area contributed by atoms with Crippen molar-refractivity contribution in [3.05, 3.63) is 58.1 Å². The van der Waals surface area contributed by atoms with Crippen molar-refractivity contribution < 1.29 is 19.1 Å². The standard InChI is InChI=1S/C35H44ClN7O4/c1-3-25-20-24(21-29(36)32(25)37)22-31(33(44)41-18-16-40(17-19-41)27-8-12-39(2)13-9-27)47-35(46)42-14-10-28(11-15-42)43-23-26-6-4-5-7-30(26)38-34(43)45/h1,4-7,20-21,27-28,31H,8-19,22-23,37H2,2H3,(H,38,45)/t31-/m1/s1. The zero-order valence-electron chi connectivity index (χ0n) is 27.0. The van der Waals surface area contributed by atoms with Crippen LogP contribution >= 0.6 is 11.6 Å². The van der Waals surface area contributed by atoms with Gasteiger partial charge in [-0.3, -0.25) is 9.69 Å². The Balaban J connectivity index is 1.10. The summed E-state index contributed by atoms with van der Waals surface area (Å²) in [5, 5.41) is 3.28. The smallest absolute Gasteiger partial charge is 0.410 e. The molecule has 4 aliphatic rings. The molecule has 0 bridgehead atoms. The van der Waals surface area contributed by atoms with Gasteiger partial charge in [0.15, 0.2) is 6.10 Å². The summed E-state index contributed by atoms with van der Waals surface area (Å²) in [6, 6.07) is 11.6. The Kier molecular flexibility index (Phi) is 10.1. The number of ether oxygens (including phenoxy) is 1. The van der Waals surface area contributed by atoms with Crippen LogP contribution in [0, 0.1) is 12.3 Å². The van der Waals surface area contributed by atoms with E-state index in [0.29, 0.717) is 73.4 Å². The van der Waals surface area contributed by atoms with Crippen LogP contribution < -0.4 is 11.1 Å². The molecule has 0 aliphatic carbocycles. The van der Waals surface area contributed by atoms with Crippen molar-refractivity contribution in [2.24, 2.45) is 0 Å². The lowest BCUT2D eigenvalue weighted by atomic mass is 10.0. The van der Waals surface area contributed by atoms with Crippen molar-refractivity contribution in [3.8, 4) is 12.3 Å². The Morgan fingerprint density at radius 3 is 2.38 bits per heavy atom. The zero-order valence-corrected chi connectivity index (χ0v) is 27.8. The number of carbonyl (C=O) groups excluding carboxylic acids is 3. The number of hydrogen-bond donors (Lipinski definition) is 2. The third-order valence-corrected chi connectivity index (χ3v) is 10.5. The van der Waals surface area contributed by atoms with Crippen molar-refractivity contribution in [3.63, 3.8) is 0 Å². The number of carbonyl (C=O) groups is 3. The molecule has 0 spiro atoms. The van der Waals surface area contributed by atoms with E-state index in [-0.39, 0.29) is 24.4 Å². The predicted octanol–water partition coefficient (Wildman–Crippen LogP) is 3.70. The van der Waals surface area contributed by atoms with E-state index in [0.717, 1.165) is 50.3 Å². The second-order valence-corrected chi connectivity index (χ2v) is 13.5. The lowest BCUT2D eigenvalue weighted by Gasteiger charge is -2.43. The van der Waals surface area contributed by atoms with Crippen molar-refractivity contribution in [1.82, 2.24) is 24.5 Å². The number of urea groups is 1. The van der Waals surface area contributed by atoms with Crippen molar-refractivity contribution >= 4 is 41.0 Å². The molecule has 6 rings (SSSR count). The third-order valence-electron chi connectivity index (χ3n) is 10.1. The molecule has 47 heavy (non-hydrogen) atoms. The summed E-state index contributed by atoms with van der Waals surface area (Å²) in [4.78, 5) is 50.6. The predicted molar refractivity (Wildman–Crippen MR) is 182 cm³/mol. The van der Waals surface area contributed by atoms with E-state index in [4.69, 9.17) is 28.5 Å². The average Bonchev–Trinajstić information content (AvgIpc) is 3.09. The highest BCUT2D eigenvalue weighted by molar-refractivity contribution is 6.33. The number of hydrogen-bond acceptors (Lipinski definition) is 7. The Hall–Kier alpha value is -3.98. The van der Waals surface area contributed by atoms with E-state index in [1.54, 1.807) is 17.0 Å². The van der Waals surface area contributed by atoms with E-state index in [2.05, 4.69) is 28.1 Å². The molecule has 0 unspecified atom stereocenters. The summed E-state index contributed by atoms with van der Waals surface area (Å²) < 4.78 is 6.01. The van der Waals surface area contributed by atoms with Crippen LogP contribution in [-0.4, -0.2) is 120 Å². The molecule has 11 nitrogen and oxygen atoms in total. The Morgan fingerprint density at radius 1 is 1.00 bits per heavy atom. The van der Waals surface area contributed by atoms with Gasteiger partial charge in [-0.1, -0.05) is 35.7 Å². The van der Waals surface area contributed by atoms with E-state index >= 15 is 0 Å². The summed E-state index contributed by atoms with van der Waals surface area (Å²) in [5.74, 6) is 2.32. The van der Waals surface area contributed by atoms with Crippen LogP contribution in [0.5, 0.6) is 0 Å². The average molecular weight is 662 g/mol. The van der Waals surface area contributed by atoms with Gasteiger partial charge in [0.25, 0.3) is 5.91 Å². The Bertz CT molecular complexity index is 1520. The largest absolute Gasteiger partial charge is 0.436 e. The fourth-order valence-corrected chi connectivity index (χ4v) is 7.49. The molecular weight excluding hydrogens is 618 g/mol. The molecule has 4 amide bonds. The number of likely N-dealkylation sites (tertiary alicyclic amines) is 2. The van der Waals surface area contributed by atoms with Gasteiger partial charge in [-0.25, -0.2) is 9.59 Å². The monoisotopic (exact) mass is 661 g/mol. The van der Waals surface area contributed by atoms with Crippen molar-refractivity contribution in [2.75, 3.05) is 70.5 Å². The van der Waals surface area contributed by atoms with E-state index in [1.165, 1.54) is 0 Å². The van der Waals surface area contributed by atoms with Gasteiger partial charge in [-0.05, 0) is 75.1 Å². The van der Waals surface area contributed by atoms with Crippen molar-refractivity contribution in [2.45, 2.75) is 56.8 Å². The molecule has 3 N–H and O–H groups in total. The molecule has 0 saturated carbocycles. The molecule has 3 saturated heterocycles. The van der Waals surface area contributed by atoms with Gasteiger partial charge in [0, 0.05) is 75.6 Å². The van der Waals surface area contributed by atoms with Gasteiger partial charge >= 0.3 is 12.1 Å². The maximum absolute atomic E-state index is 14.0. The van der Waals surface area contributed by atoms with E-state index in [9.17, 15) is 14.4 Å². The van der Waals surface area contributed by atoms with Crippen LogP contribution in [-0.2, 0) is 22.5 Å². The van der Waals surface area contributed by atoms with Crippen LogP contribution in [0.1, 0.15) is 42.4 Å². The number of amides is 4. The minimum absolute atomic E-state index is 0.00945. The fourth-order valence-electron chi connectivity index (χ4n) is 7.25. The van der Waals surface area contributed by atoms with Gasteiger partial charge in [0.1, 0.15) is 0 Å². The highest BCUT2D eigenvalue weighted by atomic mass is 35.5. The van der Waals surface area contributed by atoms with E-state index in [1.807, 2.05) is 34.1 Å². The van der Waals surface area contributed by atoms with Crippen LogP contribution in [0.3, 0.4) is 0 Å². The third kappa shape index (κ3) is 7.45. The first-order valence-corrected chi connectivity index (χ1v) is 16.9. The summed E-state index contributed by atoms with van der Waals surface area (Å²) in [6.07, 6.45) is 7.68. The SMILES string of the molecule is C#Cc1cc(C[C@@H](OC(=O)N2CCC(N3Cc4ccccc4NC3=O)CC2)C(=O)N2CCN(C3CCN(C)CC3)CC2)cc(Cl)c1N. The molecule has 4 heterocycles. The van der Waals surface area contributed by atoms with Gasteiger partial charge in [-0.2, -0.15) is 0 Å². The number of piperazine rings is 1. The first-order valence-electron chi connectivity index (χ1n) is 16.6. The topological polar surface area (TPSA) is 115 Å². The zero-order chi connectivity index (χ0) is 33.1. The number of halogens is 1. The second-order valence-electron chi connectivity index (χ2n) is 13.1. The fraction of sp³-hybridized carbons (Fsp3) is 0.514. The molecule has 2 aromatic rings. The summed E-state index contributed by atoms with van der Waals surface area (Å²) in [6.45, 7) is 6.26. The summed E-state index contributed by atoms with van der Waals surface area (Å²) in [7, 11) is 2.16. The van der Waals surface area contributed by atoms with Crippen LogP contribution in [0.25, 0.3) is 0 Å². The van der Waals surface area contributed by atoms with Gasteiger partial charge in [0.2, 0.25) is 0 Å². The highest BCUT2D eigenvalue weighted by Crippen LogP contribution is 2.29. The van der Waals surface area contributed by atoms with Gasteiger partial charge in [-0.15, -0.1) is 6.42 Å². The maximum atomic E-state index is 14.0. The molecule has 250 valence electrons. The molecule has 1 atom stereocenters. The normalized spacial score (nSPS) is 20.7. The van der Waals surface area contributed by atoms with E-state index < -0.39 is 12.2 Å². The lowest BCUT2D eigenvalue weighted by molar-refractivity contribution is -0.143. The lowest BCUT2D eigenvalue weighted by Crippen LogP contribution is -2.56. The quantitative estimate of drug-likeness (QED) is 0.359. The van der Waals surface area contributed by atoms with Gasteiger partial charge in [0.05, 0.1) is 10.7 Å². The highest BCUT2D eigenvalue weighted by Gasteiger charge is 2.36. The number of benzene rings is 2. The molecule has 0 radical (unpaired) electrons. The second kappa shape index (κ2) is 14.4. The first-order chi connectivity index (χ1) is 22.7. The summed E-state index contributed by atoms with van der Waals surface area (Å²) in [5.41, 5.74) is 9.36. The number of para-hydroxylation sites is 1. The van der Waals surface area contributed by atoms with Crippen LogP contribution in [0.4, 0.5) is 21.0 Å². The number of rotatable bonds is 6. The number of piperidine rings is 2. The first kappa shape index (κ1) is 32.9. The molecule has 4 aliphatic heterocycles. The Morgan fingerprint density at radius 2 is 1.68 bits per heavy atom. The number of nitrogens with zero attached hydrogens (tertiary/aromatic N) is 5. The summed E-state index contributed by atoms with van der Waals surface area (Å²) >= 11 is 6.38. The minimum Gasteiger partial charge on any atom is -0.436 e. The van der Waals surface area contributed by atoms with Crippen molar-refractivity contribution in [1.29, 1.82) is 0 Å². The minimum atomic E-state index is -1.05. The molecular formula is C35H44ClN7O4. The number of anilines is 2. The number of nitrogens with one attached hydrogen (secondary N) is 1. The van der Waals surface area contributed by atoms with Crippen LogP contribution in [0.15, 0.2) is 36.4 Å². The van der Waals surface area contributed by atoms with Gasteiger partial charge < -0.3 is 35.4 Å². The molecule has 0 aromatic heterocycles. The number of fused-ring (bicyclic) bond motifs is 1.